The van der Waals surface area contributed by atoms with Gasteiger partial charge in [-0.3, -0.25) is 4.79 Å². The van der Waals surface area contributed by atoms with Crippen LogP contribution < -0.4 is 5.43 Å². The first-order valence-corrected chi connectivity index (χ1v) is 7.77. The maximum Gasteiger partial charge on any atom is 0.307 e. The van der Waals surface area contributed by atoms with Gasteiger partial charge in [-0.2, -0.15) is 5.10 Å². The first kappa shape index (κ1) is 14.3. The minimum Gasteiger partial charge on any atom is -0.451 e. The van der Waals surface area contributed by atoms with Gasteiger partial charge in [-0.05, 0) is 59.0 Å². The molecule has 3 aromatic rings. The lowest BCUT2D eigenvalue weighted by molar-refractivity contribution is 0.0929. The molecule has 106 valence electrons. The molecule has 1 N–H and O–H groups in total. The van der Waals surface area contributed by atoms with E-state index in [2.05, 4.69) is 49.0 Å². The Labute approximate surface area is 141 Å². The second-order valence-electron chi connectivity index (χ2n) is 4.13. The molecule has 2 aromatic heterocycles. The molecule has 0 fully saturated rings. The number of halogens is 2. The summed E-state index contributed by atoms with van der Waals surface area (Å²) in [5.41, 5.74) is 3.04. The molecule has 0 radical (unpaired) electrons. The molecule has 0 saturated carbocycles. The minimum absolute atomic E-state index is 0.203. The summed E-state index contributed by atoms with van der Waals surface area (Å²) in [5.74, 6) is 0.349. The van der Waals surface area contributed by atoms with Crippen molar-refractivity contribution in [3.05, 3.63) is 56.2 Å². The molecule has 1 amide bonds. The van der Waals surface area contributed by atoms with Gasteiger partial charge >= 0.3 is 5.91 Å². The third-order valence-electron chi connectivity index (χ3n) is 2.65. The van der Waals surface area contributed by atoms with Crippen molar-refractivity contribution in [3.63, 3.8) is 0 Å². The predicted octanol–water partition coefficient (Wildman–Crippen LogP) is 4.16. The molecular formula is C14H8BrIN2O3. The number of nitrogens with zero attached hydrogens (tertiary/aromatic N) is 1. The van der Waals surface area contributed by atoms with E-state index in [1.165, 1.54) is 6.21 Å². The van der Waals surface area contributed by atoms with Gasteiger partial charge in [-0.25, -0.2) is 5.43 Å². The number of rotatable bonds is 3. The smallest absolute Gasteiger partial charge is 0.307 e. The van der Waals surface area contributed by atoms with Crippen molar-refractivity contribution in [1.29, 1.82) is 0 Å². The Hall–Kier alpha value is -1.61. The molecule has 0 atom stereocenters. The van der Waals surface area contributed by atoms with Gasteiger partial charge in [0.05, 0.1) is 6.21 Å². The van der Waals surface area contributed by atoms with Crippen LogP contribution >= 0.6 is 38.5 Å². The summed E-state index contributed by atoms with van der Waals surface area (Å²) in [6, 6.07) is 10.8. The molecule has 7 heteroatoms. The van der Waals surface area contributed by atoms with Crippen molar-refractivity contribution in [2.45, 2.75) is 0 Å². The van der Waals surface area contributed by atoms with E-state index in [0.29, 0.717) is 11.3 Å². The third-order valence-corrected chi connectivity index (χ3v) is 3.73. The molecule has 0 saturated heterocycles. The van der Waals surface area contributed by atoms with Crippen LogP contribution in [-0.2, 0) is 0 Å². The fourth-order valence-electron chi connectivity index (χ4n) is 1.73. The summed E-state index contributed by atoms with van der Waals surface area (Å²) in [6.07, 6.45) is 1.43. The third kappa shape index (κ3) is 3.35. The monoisotopic (exact) mass is 458 g/mol. The average molecular weight is 459 g/mol. The molecule has 5 nitrogen and oxygen atoms in total. The fraction of sp³-hybridized carbons (Fsp3) is 0. The van der Waals surface area contributed by atoms with Gasteiger partial charge in [-0.1, -0.05) is 15.9 Å². The number of amides is 1. The van der Waals surface area contributed by atoms with Crippen LogP contribution in [0.1, 0.15) is 16.3 Å². The number of hydrogen-bond acceptors (Lipinski definition) is 4. The van der Waals surface area contributed by atoms with Crippen LogP contribution in [0.4, 0.5) is 0 Å². The normalized spacial score (nSPS) is 11.3. The SMILES string of the molecule is O=C(N/N=C/c1ccc(I)o1)c1cc2cc(Br)ccc2o1. The van der Waals surface area contributed by atoms with Crippen molar-refractivity contribution in [2.75, 3.05) is 0 Å². The molecule has 0 unspecified atom stereocenters. The topological polar surface area (TPSA) is 67.7 Å². The Kier molecular flexibility index (Phi) is 4.11. The van der Waals surface area contributed by atoms with Crippen LogP contribution in [-0.4, -0.2) is 12.1 Å². The van der Waals surface area contributed by atoms with Gasteiger partial charge in [0.2, 0.25) is 0 Å². The van der Waals surface area contributed by atoms with E-state index in [9.17, 15) is 4.79 Å². The standard InChI is InChI=1S/C14H8BrIN2O3/c15-9-1-3-11-8(5-9)6-12(21-11)14(19)18-17-7-10-2-4-13(16)20-10/h1-7H,(H,18,19)/b17-7+. The van der Waals surface area contributed by atoms with Crippen molar-refractivity contribution < 1.29 is 13.6 Å². The Morgan fingerprint density at radius 3 is 2.86 bits per heavy atom. The zero-order valence-corrected chi connectivity index (χ0v) is 14.2. The number of nitrogens with one attached hydrogen (secondary N) is 1. The number of hydrogen-bond donors (Lipinski definition) is 1. The lowest BCUT2D eigenvalue weighted by Crippen LogP contribution is -2.16. The number of furan rings is 2. The maximum atomic E-state index is 11.9. The fourth-order valence-corrected chi connectivity index (χ4v) is 2.55. The second-order valence-corrected chi connectivity index (χ2v) is 6.11. The van der Waals surface area contributed by atoms with Crippen LogP contribution in [0.3, 0.4) is 0 Å². The molecule has 0 bridgehead atoms. The van der Waals surface area contributed by atoms with Crippen molar-refractivity contribution in [1.82, 2.24) is 5.43 Å². The van der Waals surface area contributed by atoms with Crippen molar-refractivity contribution in [3.8, 4) is 0 Å². The van der Waals surface area contributed by atoms with Gasteiger partial charge in [0.1, 0.15) is 11.3 Å². The highest BCUT2D eigenvalue weighted by molar-refractivity contribution is 14.1. The van der Waals surface area contributed by atoms with Crippen LogP contribution in [0.25, 0.3) is 11.0 Å². The Balaban J connectivity index is 1.73. The largest absolute Gasteiger partial charge is 0.451 e. The van der Waals surface area contributed by atoms with E-state index in [-0.39, 0.29) is 5.76 Å². The van der Waals surface area contributed by atoms with Crippen molar-refractivity contribution in [2.24, 2.45) is 5.10 Å². The zero-order valence-electron chi connectivity index (χ0n) is 10.5. The van der Waals surface area contributed by atoms with Gasteiger partial charge < -0.3 is 8.83 Å². The Morgan fingerprint density at radius 2 is 2.10 bits per heavy atom. The van der Waals surface area contributed by atoms with Crippen molar-refractivity contribution >= 4 is 61.6 Å². The number of carbonyl (C=O) groups excluding carboxylic acids is 1. The lowest BCUT2D eigenvalue weighted by atomic mass is 10.2. The van der Waals surface area contributed by atoms with Crippen LogP contribution in [0.15, 0.2) is 54.8 Å². The summed E-state index contributed by atoms with van der Waals surface area (Å²) < 4.78 is 12.4. The maximum absolute atomic E-state index is 11.9. The molecule has 0 aliphatic carbocycles. The predicted molar refractivity (Wildman–Crippen MR) is 90.4 cm³/mol. The first-order chi connectivity index (χ1) is 10.1. The molecule has 1 aromatic carbocycles. The van der Waals surface area contributed by atoms with Gasteiger partial charge in [0.25, 0.3) is 0 Å². The highest BCUT2D eigenvalue weighted by Crippen LogP contribution is 2.23. The Bertz CT molecular complexity index is 838. The van der Waals surface area contributed by atoms with Gasteiger partial charge in [-0.15, -0.1) is 0 Å². The molecule has 3 rings (SSSR count). The molecule has 2 heterocycles. The molecule has 21 heavy (non-hydrogen) atoms. The van der Waals surface area contributed by atoms with E-state index >= 15 is 0 Å². The van der Waals surface area contributed by atoms with Crippen LogP contribution in [0, 0.1) is 3.77 Å². The molecule has 0 aliphatic heterocycles. The lowest BCUT2D eigenvalue weighted by Gasteiger charge is -1.93. The summed E-state index contributed by atoms with van der Waals surface area (Å²) in [7, 11) is 0. The van der Waals surface area contributed by atoms with E-state index in [1.807, 2.05) is 12.1 Å². The summed E-state index contributed by atoms with van der Waals surface area (Å²) in [4.78, 5) is 11.9. The highest BCUT2D eigenvalue weighted by atomic mass is 127. The number of benzene rings is 1. The average Bonchev–Trinajstić information content (AvgIpc) is 3.04. The summed E-state index contributed by atoms with van der Waals surface area (Å²) in [6.45, 7) is 0. The zero-order chi connectivity index (χ0) is 14.8. The van der Waals surface area contributed by atoms with Crippen LogP contribution in [0.5, 0.6) is 0 Å². The minimum atomic E-state index is -0.417. The first-order valence-electron chi connectivity index (χ1n) is 5.90. The molecular weight excluding hydrogens is 451 g/mol. The van der Waals surface area contributed by atoms with Gasteiger partial charge in [0, 0.05) is 9.86 Å². The quantitative estimate of drug-likeness (QED) is 0.364. The number of hydrazone groups is 1. The second kappa shape index (κ2) is 6.02. The molecule has 0 spiro atoms. The molecule has 0 aliphatic rings. The highest BCUT2D eigenvalue weighted by Gasteiger charge is 2.11. The number of carbonyl (C=O) groups is 1. The van der Waals surface area contributed by atoms with E-state index in [0.717, 1.165) is 13.6 Å². The summed E-state index contributed by atoms with van der Waals surface area (Å²) in [5, 5.41) is 4.67. The number of fused-ring (bicyclic) bond motifs is 1. The Morgan fingerprint density at radius 1 is 1.24 bits per heavy atom. The van der Waals surface area contributed by atoms with E-state index in [4.69, 9.17) is 8.83 Å². The van der Waals surface area contributed by atoms with E-state index < -0.39 is 5.91 Å². The van der Waals surface area contributed by atoms with Crippen LogP contribution in [0.2, 0.25) is 0 Å². The van der Waals surface area contributed by atoms with Gasteiger partial charge in [0.15, 0.2) is 9.53 Å². The summed E-state index contributed by atoms with van der Waals surface area (Å²) >= 11 is 5.42. The van der Waals surface area contributed by atoms with E-state index in [1.54, 1.807) is 24.3 Å².